The Morgan fingerprint density at radius 2 is 2.14 bits per heavy atom. The lowest BCUT2D eigenvalue weighted by Gasteiger charge is -2.20. The normalized spacial score (nSPS) is 11.1. The quantitative estimate of drug-likeness (QED) is 0.676. The first-order valence-electron chi connectivity index (χ1n) is 7.70. The molecule has 21 heavy (non-hydrogen) atoms. The minimum Gasteiger partial charge on any atom is -0.312 e. The highest BCUT2D eigenvalue weighted by molar-refractivity contribution is 9.10. The van der Waals surface area contributed by atoms with Crippen LogP contribution < -0.4 is 5.32 Å². The molecule has 0 amide bonds. The minimum atomic E-state index is 0.680. The molecule has 0 aliphatic rings. The Labute approximate surface area is 138 Å². The first-order chi connectivity index (χ1) is 10.1. The largest absolute Gasteiger partial charge is 0.312 e. The Morgan fingerprint density at radius 3 is 2.71 bits per heavy atom. The zero-order valence-corrected chi connectivity index (χ0v) is 15.0. The van der Waals surface area contributed by atoms with E-state index in [4.69, 9.17) is 6.42 Å². The highest BCUT2D eigenvalue weighted by Crippen LogP contribution is 2.20. The fraction of sp³-hybridized carbons (Fsp3) is 0.556. The van der Waals surface area contributed by atoms with Crippen LogP contribution in [-0.2, 0) is 13.1 Å². The summed E-state index contributed by atoms with van der Waals surface area (Å²) in [5, 5.41) is 3.47. The summed E-state index contributed by atoms with van der Waals surface area (Å²) >= 11 is 3.69. The summed E-state index contributed by atoms with van der Waals surface area (Å²) in [6.45, 7) is 11.2. The molecule has 2 nitrogen and oxygen atoms in total. The van der Waals surface area contributed by atoms with E-state index in [1.807, 2.05) is 0 Å². The van der Waals surface area contributed by atoms with Crippen LogP contribution >= 0.6 is 15.9 Å². The number of halogens is 1. The topological polar surface area (TPSA) is 15.3 Å². The number of nitrogens with one attached hydrogen (secondary N) is 1. The van der Waals surface area contributed by atoms with E-state index >= 15 is 0 Å². The van der Waals surface area contributed by atoms with Crippen molar-refractivity contribution in [1.82, 2.24) is 10.2 Å². The van der Waals surface area contributed by atoms with Crippen LogP contribution in [0.3, 0.4) is 0 Å². The molecule has 0 heterocycles. The molecule has 0 unspecified atom stereocenters. The minimum absolute atomic E-state index is 0.680. The van der Waals surface area contributed by atoms with Crippen LogP contribution in [0.2, 0.25) is 0 Å². The molecule has 0 saturated carbocycles. The summed E-state index contributed by atoms with van der Waals surface area (Å²) < 4.78 is 1.17. The van der Waals surface area contributed by atoms with Crippen molar-refractivity contribution in [3.8, 4) is 12.3 Å². The van der Waals surface area contributed by atoms with Gasteiger partial charge in [-0.2, -0.15) is 0 Å². The molecule has 0 spiro atoms. The van der Waals surface area contributed by atoms with Gasteiger partial charge in [0.1, 0.15) is 0 Å². The maximum Gasteiger partial charge on any atom is 0.0601 e. The number of hydrogen-bond donors (Lipinski definition) is 1. The van der Waals surface area contributed by atoms with E-state index in [0.717, 1.165) is 32.6 Å². The highest BCUT2D eigenvalue weighted by Gasteiger charge is 2.07. The van der Waals surface area contributed by atoms with E-state index < -0.39 is 0 Å². The fourth-order valence-electron chi connectivity index (χ4n) is 2.23. The Hall–Kier alpha value is -0.820. The van der Waals surface area contributed by atoms with Gasteiger partial charge in [0.25, 0.3) is 0 Å². The van der Waals surface area contributed by atoms with Crippen molar-refractivity contribution in [1.29, 1.82) is 0 Å². The number of nitrogens with zero attached hydrogens (tertiary/aromatic N) is 1. The van der Waals surface area contributed by atoms with Gasteiger partial charge in [0.05, 0.1) is 6.54 Å². The van der Waals surface area contributed by atoms with E-state index in [1.165, 1.54) is 15.6 Å². The molecule has 0 aromatic heterocycles. The molecule has 1 aromatic carbocycles. The molecule has 1 N–H and O–H groups in total. The van der Waals surface area contributed by atoms with Crippen molar-refractivity contribution in [2.24, 2.45) is 5.92 Å². The van der Waals surface area contributed by atoms with E-state index in [-0.39, 0.29) is 0 Å². The van der Waals surface area contributed by atoms with Gasteiger partial charge in [0, 0.05) is 17.6 Å². The molecule has 0 saturated heterocycles. The lowest BCUT2D eigenvalue weighted by atomic mass is 10.1. The van der Waals surface area contributed by atoms with Crippen LogP contribution in [0.25, 0.3) is 0 Å². The molecule has 0 aliphatic heterocycles. The van der Waals surface area contributed by atoms with Crippen molar-refractivity contribution in [2.45, 2.75) is 40.3 Å². The van der Waals surface area contributed by atoms with Crippen LogP contribution in [0.15, 0.2) is 22.7 Å². The molecular formula is C18H27BrN2. The monoisotopic (exact) mass is 350 g/mol. The molecule has 3 heteroatoms. The van der Waals surface area contributed by atoms with Gasteiger partial charge < -0.3 is 5.32 Å². The lowest BCUT2D eigenvalue weighted by Crippen LogP contribution is -2.24. The Kier molecular flexibility index (Phi) is 8.68. The van der Waals surface area contributed by atoms with Gasteiger partial charge in [0.2, 0.25) is 0 Å². The Bertz CT molecular complexity index is 463. The van der Waals surface area contributed by atoms with Crippen molar-refractivity contribution in [3.05, 3.63) is 33.8 Å². The van der Waals surface area contributed by atoms with E-state index in [0.29, 0.717) is 12.5 Å². The number of rotatable bonds is 9. The van der Waals surface area contributed by atoms with Gasteiger partial charge in [-0.15, -0.1) is 6.42 Å². The smallest absolute Gasteiger partial charge is 0.0601 e. The van der Waals surface area contributed by atoms with Crippen molar-refractivity contribution < 1.29 is 0 Å². The highest BCUT2D eigenvalue weighted by atomic mass is 79.9. The van der Waals surface area contributed by atoms with Crippen molar-refractivity contribution in [2.75, 3.05) is 19.6 Å². The third-order valence-corrected chi connectivity index (χ3v) is 3.99. The Balaban J connectivity index is 2.62. The second kappa shape index (κ2) is 10.00. The molecule has 1 rings (SSSR count). The summed E-state index contributed by atoms with van der Waals surface area (Å²) in [5.74, 6) is 3.42. The summed E-state index contributed by atoms with van der Waals surface area (Å²) in [6.07, 6.45) is 6.56. The molecule has 0 fully saturated rings. The zero-order chi connectivity index (χ0) is 15.7. The number of benzene rings is 1. The van der Waals surface area contributed by atoms with Crippen LogP contribution in [0.1, 0.15) is 38.3 Å². The van der Waals surface area contributed by atoms with Crippen molar-refractivity contribution >= 4 is 15.9 Å². The van der Waals surface area contributed by atoms with Crippen LogP contribution in [0, 0.1) is 18.3 Å². The van der Waals surface area contributed by atoms with Gasteiger partial charge in [-0.25, -0.2) is 0 Å². The van der Waals surface area contributed by atoms with Crippen LogP contribution in [-0.4, -0.2) is 24.5 Å². The molecular weight excluding hydrogens is 324 g/mol. The predicted molar refractivity (Wildman–Crippen MR) is 95.1 cm³/mol. The van der Waals surface area contributed by atoms with Gasteiger partial charge in [-0.1, -0.05) is 54.8 Å². The van der Waals surface area contributed by atoms with E-state index in [1.54, 1.807) is 0 Å². The molecule has 1 aromatic rings. The standard InChI is InChI=1S/C18H27BrN2/c1-5-9-21(10-6-2)14-17-8-7-16(11-18(17)19)13-20-12-15(3)4/h1,7-8,11,15,20H,6,9-10,12-14H2,2-4H3. The van der Waals surface area contributed by atoms with Gasteiger partial charge in [-0.05, 0) is 42.6 Å². The SMILES string of the molecule is C#CCN(CCC)Cc1ccc(CNCC(C)C)cc1Br. The van der Waals surface area contributed by atoms with Gasteiger partial charge >= 0.3 is 0 Å². The lowest BCUT2D eigenvalue weighted by molar-refractivity contribution is 0.299. The Morgan fingerprint density at radius 1 is 1.38 bits per heavy atom. The average Bonchev–Trinajstić information content (AvgIpc) is 2.42. The molecule has 0 aliphatic carbocycles. The second-order valence-corrected chi connectivity index (χ2v) is 6.72. The first-order valence-corrected chi connectivity index (χ1v) is 8.50. The van der Waals surface area contributed by atoms with Crippen LogP contribution in [0.5, 0.6) is 0 Å². The van der Waals surface area contributed by atoms with E-state index in [9.17, 15) is 0 Å². The average molecular weight is 351 g/mol. The fourth-order valence-corrected chi connectivity index (χ4v) is 2.79. The summed E-state index contributed by atoms with van der Waals surface area (Å²) in [7, 11) is 0. The zero-order valence-electron chi connectivity index (χ0n) is 13.5. The number of hydrogen-bond acceptors (Lipinski definition) is 2. The maximum atomic E-state index is 5.44. The third-order valence-electron chi connectivity index (χ3n) is 3.25. The molecule has 0 radical (unpaired) electrons. The van der Waals surface area contributed by atoms with Gasteiger partial charge in [0.15, 0.2) is 0 Å². The maximum absolute atomic E-state index is 5.44. The number of terminal acetylenes is 1. The third kappa shape index (κ3) is 7.13. The summed E-state index contributed by atoms with van der Waals surface area (Å²) in [6, 6.07) is 6.62. The predicted octanol–water partition coefficient (Wildman–Crippen LogP) is 4.04. The van der Waals surface area contributed by atoms with Crippen LogP contribution in [0.4, 0.5) is 0 Å². The van der Waals surface area contributed by atoms with E-state index in [2.05, 4.69) is 71.0 Å². The van der Waals surface area contributed by atoms with Gasteiger partial charge in [-0.3, -0.25) is 4.90 Å². The molecule has 116 valence electrons. The second-order valence-electron chi connectivity index (χ2n) is 5.87. The first kappa shape index (κ1) is 18.2. The van der Waals surface area contributed by atoms with Crippen molar-refractivity contribution in [3.63, 3.8) is 0 Å². The summed E-state index contributed by atoms with van der Waals surface area (Å²) in [5.41, 5.74) is 2.61. The molecule has 0 bridgehead atoms. The summed E-state index contributed by atoms with van der Waals surface area (Å²) in [4.78, 5) is 2.30. The molecule has 0 atom stereocenters.